The van der Waals surface area contributed by atoms with Crippen LogP contribution in [-0.4, -0.2) is 101 Å². The fourth-order valence-corrected chi connectivity index (χ4v) is 4.61. The summed E-state index contributed by atoms with van der Waals surface area (Å²) in [6.07, 6.45) is -0.428. The monoisotopic (exact) mass is 695 g/mol. The van der Waals surface area contributed by atoms with Crippen molar-refractivity contribution < 1.29 is 42.4 Å². The van der Waals surface area contributed by atoms with Crippen LogP contribution in [0.25, 0.3) is 0 Å². The van der Waals surface area contributed by atoms with Crippen LogP contribution in [0.15, 0.2) is 57.4 Å². The minimum Gasteiger partial charge on any atom is -0.494 e. The zero-order valence-corrected chi connectivity index (χ0v) is 28.0. The van der Waals surface area contributed by atoms with Crippen LogP contribution in [-0.2, 0) is 11.3 Å². The van der Waals surface area contributed by atoms with Gasteiger partial charge in [-0.05, 0) is 89.0 Å². The van der Waals surface area contributed by atoms with E-state index in [1.807, 2.05) is 0 Å². The molecule has 7 N–H and O–H groups in total. The summed E-state index contributed by atoms with van der Waals surface area (Å²) in [5.74, 6) is -0.977. The fraction of sp³-hybridized carbons (Fsp3) is 0.485. The highest BCUT2D eigenvalue weighted by atomic mass is 19.4. The van der Waals surface area contributed by atoms with Crippen LogP contribution < -0.4 is 31.2 Å². The van der Waals surface area contributed by atoms with Crippen LogP contribution >= 0.6 is 0 Å². The fourth-order valence-electron chi connectivity index (χ4n) is 4.61. The smallest absolute Gasteiger partial charge is 0.405 e. The third-order valence-electron chi connectivity index (χ3n) is 7.01. The van der Waals surface area contributed by atoms with E-state index in [4.69, 9.17) is 14.6 Å². The van der Waals surface area contributed by atoms with E-state index in [2.05, 4.69) is 50.1 Å². The number of ether oxygens (including phenoxy) is 2. The van der Waals surface area contributed by atoms with Gasteiger partial charge in [0.1, 0.15) is 24.1 Å². The SMILES string of the molecule is C=NC(=NCc1ccc(OCCCCCCOc2cc(N=C)ccc2C(=O)NC(C(=O)O)C2CCNC2)cc1)NCC(F)(F)F.CN.CO. The number of alkyl halides is 3. The number of halogens is 3. The summed E-state index contributed by atoms with van der Waals surface area (Å²) >= 11 is 0. The topological polar surface area (TPSA) is 192 Å². The number of hydrogen-bond acceptors (Lipinski definition) is 9. The van der Waals surface area contributed by atoms with Gasteiger partial charge in [-0.25, -0.2) is 14.8 Å². The average Bonchev–Trinajstić information content (AvgIpc) is 3.64. The molecule has 0 spiro atoms. The number of nitrogens with one attached hydrogen (secondary N) is 3. The minimum absolute atomic E-state index is 0.142. The van der Waals surface area contributed by atoms with Gasteiger partial charge in [-0.2, -0.15) is 13.2 Å². The van der Waals surface area contributed by atoms with Gasteiger partial charge in [0, 0.05) is 25.6 Å². The van der Waals surface area contributed by atoms with Crippen LogP contribution in [0.5, 0.6) is 11.5 Å². The second-order valence-electron chi connectivity index (χ2n) is 10.4. The predicted octanol–water partition coefficient (Wildman–Crippen LogP) is 3.72. The minimum atomic E-state index is -4.37. The first kappa shape index (κ1) is 42.5. The third kappa shape index (κ3) is 16.4. The highest BCUT2D eigenvalue weighted by Crippen LogP contribution is 2.26. The summed E-state index contributed by atoms with van der Waals surface area (Å²) in [6.45, 7) is 7.76. The molecule has 3 rings (SSSR count). The standard InChI is InChI=1S/C31H39F3N6O5.CH5N.CH4O/c1-35-23-9-12-25(28(41)40-27(29(42)43)22-13-14-37-19-22)26(17-23)45-16-6-4-3-5-15-44-24-10-7-21(8-11-24)18-38-30(36-2)39-20-31(32,33)34;2*1-2/h7-12,17,22,27,37H,1-6,13-16,18-20H2,(H,38,39)(H,40,41)(H,42,43);2H2,1H3;2H,1H3. The molecular weight excluding hydrogens is 647 g/mol. The van der Waals surface area contributed by atoms with Gasteiger partial charge in [-0.15, -0.1) is 0 Å². The van der Waals surface area contributed by atoms with E-state index >= 15 is 0 Å². The van der Waals surface area contributed by atoms with E-state index in [0.717, 1.165) is 38.4 Å². The summed E-state index contributed by atoms with van der Waals surface area (Å²) in [5.41, 5.74) is 6.05. The third-order valence-corrected chi connectivity index (χ3v) is 7.01. The zero-order chi connectivity index (χ0) is 36.7. The molecule has 2 unspecified atom stereocenters. The number of carbonyl (C=O) groups excluding carboxylic acids is 1. The number of amides is 1. The van der Waals surface area contributed by atoms with Gasteiger partial charge < -0.3 is 41.4 Å². The number of benzene rings is 2. The summed E-state index contributed by atoms with van der Waals surface area (Å²) in [4.78, 5) is 36.2. The van der Waals surface area contributed by atoms with Crippen LogP contribution in [0.1, 0.15) is 48.0 Å². The van der Waals surface area contributed by atoms with E-state index in [1.165, 1.54) is 7.05 Å². The highest BCUT2D eigenvalue weighted by Gasteiger charge is 2.32. The Hall–Kier alpha value is -4.54. The summed E-state index contributed by atoms with van der Waals surface area (Å²) in [7, 11) is 2.50. The van der Waals surface area contributed by atoms with Crippen molar-refractivity contribution in [1.82, 2.24) is 16.0 Å². The van der Waals surface area contributed by atoms with Crippen molar-refractivity contribution in [2.24, 2.45) is 26.6 Å². The van der Waals surface area contributed by atoms with Crippen molar-refractivity contribution in [3.05, 3.63) is 53.6 Å². The second-order valence-corrected chi connectivity index (χ2v) is 10.4. The number of hydrogen-bond donors (Lipinski definition) is 6. The van der Waals surface area contributed by atoms with Crippen LogP contribution in [0.3, 0.4) is 0 Å². The Morgan fingerprint density at radius 2 is 1.69 bits per heavy atom. The Morgan fingerprint density at radius 1 is 1.04 bits per heavy atom. The van der Waals surface area contributed by atoms with Gasteiger partial charge in [0.15, 0.2) is 0 Å². The number of aliphatic hydroxyl groups excluding tert-OH is 1. The first-order valence-corrected chi connectivity index (χ1v) is 15.6. The highest BCUT2D eigenvalue weighted by molar-refractivity contribution is 5.99. The molecule has 0 aromatic heterocycles. The Balaban J connectivity index is 0.00000289. The molecule has 1 heterocycles. The van der Waals surface area contributed by atoms with Crippen molar-refractivity contribution in [3.8, 4) is 11.5 Å². The van der Waals surface area contributed by atoms with Crippen molar-refractivity contribution >= 4 is 37.0 Å². The predicted molar refractivity (Wildman–Crippen MR) is 184 cm³/mol. The largest absolute Gasteiger partial charge is 0.494 e. The number of guanidine groups is 1. The number of aliphatic hydroxyl groups is 1. The first-order valence-electron chi connectivity index (χ1n) is 15.6. The molecule has 0 aliphatic carbocycles. The number of rotatable bonds is 17. The molecule has 13 nitrogen and oxygen atoms in total. The van der Waals surface area contributed by atoms with Crippen molar-refractivity contribution in [3.63, 3.8) is 0 Å². The number of unbranched alkanes of at least 4 members (excludes halogenated alkanes) is 3. The molecule has 1 amide bonds. The molecule has 0 saturated carbocycles. The van der Waals surface area contributed by atoms with Gasteiger partial charge >= 0.3 is 12.1 Å². The molecule has 0 radical (unpaired) electrons. The van der Waals surface area contributed by atoms with Crippen LogP contribution in [0, 0.1) is 5.92 Å². The Morgan fingerprint density at radius 3 is 2.24 bits per heavy atom. The van der Waals surface area contributed by atoms with Crippen molar-refractivity contribution in [2.75, 3.05) is 47.0 Å². The van der Waals surface area contributed by atoms with Gasteiger partial charge in [0.25, 0.3) is 5.91 Å². The van der Waals surface area contributed by atoms with E-state index in [1.54, 1.807) is 42.5 Å². The van der Waals surface area contributed by atoms with Gasteiger partial charge in [0.2, 0.25) is 5.96 Å². The summed E-state index contributed by atoms with van der Waals surface area (Å²) < 4.78 is 48.7. The van der Waals surface area contributed by atoms with Crippen molar-refractivity contribution in [1.29, 1.82) is 0 Å². The summed E-state index contributed by atoms with van der Waals surface area (Å²) in [6, 6.07) is 10.9. The molecule has 1 saturated heterocycles. The maximum atomic E-state index is 13.0. The van der Waals surface area contributed by atoms with Crippen molar-refractivity contribution in [2.45, 2.75) is 50.9 Å². The second kappa shape index (κ2) is 23.7. The lowest BCUT2D eigenvalue weighted by Crippen LogP contribution is -2.46. The first-order chi connectivity index (χ1) is 23.6. The Bertz CT molecular complexity index is 1320. The molecule has 272 valence electrons. The Kier molecular flexibility index (Phi) is 20.6. The number of aliphatic imine (C=N–C) groups is 3. The number of nitrogens with two attached hydrogens (primary N) is 1. The van der Waals surface area contributed by atoms with E-state index in [0.29, 0.717) is 49.9 Å². The van der Waals surface area contributed by atoms with E-state index in [9.17, 15) is 27.9 Å². The molecule has 1 aliphatic rings. The molecule has 2 atom stereocenters. The zero-order valence-electron chi connectivity index (χ0n) is 28.0. The van der Waals surface area contributed by atoms with E-state index in [-0.39, 0.29) is 24.0 Å². The quantitative estimate of drug-likeness (QED) is 0.0813. The Labute approximate surface area is 284 Å². The molecule has 1 fully saturated rings. The molecule has 2 aromatic carbocycles. The molecular formula is C33H48F3N7O6. The van der Waals surface area contributed by atoms with Gasteiger partial charge in [-0.1, -0.05) is 12.1 Å². The van der Waals surface area contributed by atoms with Crippen LogP contribution in [0.4, 0.5) is 18.9 Å². The maximum Gasteiger partial charge on any atom is 0.405 e. The number of carboxylic acids is 1. The average molecular weight is 696 g/mol. The van der Waals surface area contributed by atoms with Gasteiger partial charge in [-0.3, -0.25) is 9.79 Å². The van der Waals surface area contributed by atoms with Crippen LogP contribution in [0.2, 0.25) is 0 Å². The normalized spacial score (nSPS) is 14.6. The summed E-state index contributed by atoms with van der Waals surface area (Å²) in [5, 5.41) is 24.5. The molecule has 1 aliphatic heterocycles. The number of aliphatic carboxylic acids is 1. The number of nitrogens with zero attached hydrogens (tertiary/aromatic N) is 3. The molecule has 0 bridgehead atoms. The molecule has 2 aromatic rings. The molecule has 16 heteroatoms. The number of carboxylic acid groups (broad SMARTS) is 1. The lowest BCUT2D eigenvalue weighted by Gasteiger charge is -2.21. The van der Waals surface area contributed by atoms with Gasteiger partial charge in [0.05, 0.1) is 31.0 Å². The lowest BCUT2D eigenvalue weighted by molar-refractivity contribution is -0.140. The lowest BCUT2D eigenvalue weighted by atomic mass is 9.98. The maximum absolute atomic E-state index is 13.0. The van der Waals surface area contributed by atoms with E-state index < -0.39 is 30.6 Å². The molecule has 49 heavy (non-hydrogen) atoms. The number of carbonyl (C=O) groups is 2.